The SMILES string of the molecule is CC(C)(C)c1cccc(C=C(c2ccccc2)c2ccccc2)c1. The predicted octanol–water partition coefficient (Wildman–Crippen LogP) is 6.57. The smallest absolute Gasteiger partial charge is 0.0105 e. The molecule has 0 saturated carbocycles. The Morgan fingerprint density at radius 2 is 1.21 bits per heavy atom. The van der Waals surface area contributed by atoms with Crippen LogP contribution in [0.5, 0.6) is 0 Å². The second-order valence-electron chi connectivity index (χ2n) is 7.17. The summed E-state index contributed by atoms with van der Waals surface area (Å²) in [6, 6.07) is 30.0. The average Bonchev–Trinajstić information content (AvgIpc) is 2.61. The Bertz CT molecular complexity index is 777. The van der Waals surface area contributed by atoms with E-state index in [2.05, 4.69) is 112 Å². The molecule has 0 atom stereocenters. The van der Waals surface area contributed by atoms with Crippen molar-refractivity contribution in [1.82, 2.24) is 0 Å². The molecule has 0 heteroatoms. The topological polar surface area (TPSA) is 0 Å². The van der Waals surface area contributed by atoms with Crippen molar-refractivity contribution in [3.63, 3.8) is 0 Å². The normalized spacial score (nSPS) is 11.1. The van der Waals surface area contributed by atoms with E-state index in [0.717, 1.165) is 0 Å². The summed E-state index contributed by atoms with van der Waals surface area (Å²) >= 11 is 0. The summed E-state index contributed by atoms with van der Waals surface area (Å²) in [5.41, 5.74) is 6.49. The van der Waals surface area contributed by atoms with Crippen molar-refractivity contribution in [2.45, 2.75) is 26.2 Å². The van der Waals surface area contributed by atoms with E-state index in [9.17, 15) is 0 Å². The number of rotatable bonds is 3. The molecule has 0 aliphatic carbocycles. The standard InChI is InChI=1S/C24H24/c1-24(2,3)22-16-10-11-19(17-22)18-23(20-12-6-4-7-13-20)21-14-8-5-9-15-21/h4-18H,1-3H3. The zero-order chi connectivity index (χ0) is 17.0. The fraction of sp³-hybridized carbons (Fsp3) is 0.167. The van der Waals surface area contributed by atoms with E-state index in [4.69, 9.17) is 0 Å². The molecule has 0 spiro atoms. The van der Waals surface area contributed by atoms with E-state index in [1.165, 1.54) is 27.8 Å². The first-order chi connectivity index (χ1) is 11.5. The third kappa shape index (κ3) is 3.83. The van der Waals surface area contributed by atoms with Gasteiger partial charge in [-0.1, -0.05) is 106 Å². The van der Waals surface area contributed by atoms with E-state index in [0.29, 0.717) is 0 Å². The molecule has 0 heterocycles. The molecule has 3 aromatic carbocycles. The molecule has 0 N–H and O–H groups in total. The minimum Gasteiger partial charge on any atom is -0.0622 e. The van der Waals surface area contributed by atoms with Crippen molar-refractivity contribution in [1.29, 1.82) is 0 Å². The molecular formula is C24H24. The summed E-state index contributed by atoms with van der Waals surface area (Å²) in [4.78, 5) is 0. The molecule has 24 heavy (non-hydrogen) atoms. The molecule has 0 radical (unpaired) electrons. The van der Waals surface area contributed by atoms with Gasteiger partial charge in [-0.3, -0.25) is 0 Å². The van der Waals surface area contributed by atoms with E-state index in [1.54, 1.807) is 0 Å². The van der Waals surface area contributed by atoms with E-state index < -0.39 is 0 Å². The van der Waals surface area contributed by atoms with Gasteiger partial charge in [-0.05, 0) is 39.3 Å². The van der Waals surface area contributed by atoms with Crippen molar-refractivity contribution >= 4 is 11.6 Å². The minimum absolute atomic E-state index is 0.156. The Hall–Kier alpha value is -2.60. The van der Waals surface area contributed by atoms with Crippen LogP contribution in [0.4, 0.5) is 0 Å². The van der Waals surface area contributed by atoms with Crippen LogP contribution >= 0.6 is 0 Å². The van der Waals surface area contributed by atoms with Crippen LogP contribution in [0.3, 0.4) is 0 Å². The molecule has 3 aromatic rings. The molecule has 0 nitrogen and oxygen atoms in total. The van der Waals surface area contributed by atoms with Crippen LogP contribution in [-0.2, 0) is 5.41 Å². The molecule has 0 bridgehead atoms. The van der Waals surface area contributed by atoms with Gasteiger partial charge in [-0.25, -0.2) is 0 Å². The average molecular weight is 312 g/mol. The third-order valence-corrected chi connectivity index (χ3v) is 4.23. The lowest BCUT2D eigenvalue weighted by atomic mass is 9.85. The lowest BCUT2D eigenvalue weighted by Crippen LogP contribution is -2.10. The highest BCUT2D eigenvalue weighted by Crippen LogP contribution is 2.28. The number of hydrogen-bond donors (Lipinski definition) is 0. The number of hydrogen-bond acceptors (Lipinski definition) is 0. The molecule has 0 unspecified atom stereocenters. The van der Waals surface area contributed by atoms with E-state index in [-0.39, 0.29) is 5.41 Å². The van der Waals surface area contributed by atoms with Gasteiger partial charge in [0.2, 0.25) is 0 Å². The van der Waals surface area contributed by atoms with Crippen LogP contribution in [0.1, 0.15) is 43.0 Å². The van der Waals surface area contributed by atoms with Crippen LogP contribution < -0.4 is 0 Å². The Kier molecular flexibility index (Phi) is 4.66. The molecular weight excluding hydrogens is 288 g/mol. The second-order valence-corrected chi connectivity index (χ2v) is 7.17. The monoisotopic (exact) mass is 312 g/mol. The highest BCUT2D eigenvalue weighted by Gasteiger charge is 2.13. The molecule has 120 valence electrons. The van der Waals surface area contributed by atoms with Gasteiger partial charge in [0, 0.05) is 0 Å². The van der Waals surface area contributed by atoms with Crippen LogP contribution in [0.25, 0.3) is 11.6 Å². The van der Waals surface area contributed by atoms with Crippen LogP contribution in [0, 0.1) is 0 Å². The zero-order valence-electron chi connectivity index (χ0n) is 14.7. The van der Waals surface area contributed by atoms with Gasteiger partial charge in [-0.15, -0.1) is 0 Å². The molecule has 3 rings (SSSR count). The summed E-state index contributed by atoms with van der Waals surface area (Å²) in [7, 11) is 0. The van der Waals surface area contributed by atoms with Crippen LogP contribution in [0.2, 0.25) is 0 Å². The van der Waals surface area contributed by atoms with Gasteiger partial charge in [0.05, 0.1) is 0 Å². The third-order valence-electron chi connectivity index (χ3n) is 4.23. The molecule has 0 aliphatic rings. The predicted molar refractivity (Wildman–Crippen MR) is 105 cm³/mol. The summed E-state index contributed by atoms with van der Waals surface area (Å²) in [6.45, 7) is 6.77. The molecule has 0 aromatic heterocycles. The van der Waals surface area contributed by atoms with Crippen molar-refractivity contribution in [3.05, 3.63) is 107 Å². The lowest BCUT2D eigenvalue weighted by Gasteiger charge is -2.19. The first-order valence-corrected chi connectivity index (χ1v) is 8.47. The van der Waals surface area contributed by atoms with Crippen LogP contribution in [0.15, 0.2) is 84.9 Å². The molecule has 0 aliphatic heterocycles. The Morgan fingerprint density at radius 3 is 1.71 bits per heavy atom. The molecule has 0 fully saturated rings. The van der Waals surface area contributed by atoms with E-state index >= 15 is 0 Å². The largest absolute Gasteiger partial charge is 0.0622 e. The van der Waals surface area contributed by atoms with Gasteiger partial charge in [0.25, 0.3) is 0 Å². The van der Waals surface area contributed by atoms with Crippen LogP contribution in [-0.4, -0.2) is 0 Å². The Balaban J connectivity index is 2.11. The van der Waals surface area contributed by atoms with Crippen molar-refractivity contribution in [2.75, 3.05) is 0 Å². The Labute approximate surface area is 145 Å². The quantitative estimate of drug-likeness (QED) is 0.480. The van der Waals surface area contributed by atoms with Crippen molar-refractivity contribution in [3.8, 4) is 0 Å². The maximum atomic E-state index is 2.30. The first-order valence-electron chi connectivity index (χ1n) is 8.47. The summed E-state index contributed by atoms with van der Waals surface area (Å²) in [6.07, 6.45) is 2.29. The lowest BCUT2D eigenvalue weighted by molar-refractivity contribution is 0.590. The van der Waals surface area contributed by atoms with Crippen molar-refractivity contribution < 1.29 is 0 Å². The number of benzene rings is 3. The highest BCUT2D eigenvalue weighted by atomic mass is 14.2. The maximum Gasteiger partial charge on any atom is -0.0105 e. The second kappa shape index (κ2) is 6.88. The molecule has 0 amide bonds. The first kappa shape index (κ1) is 16.3. The zero-order valence-corrected chi connectivity index (χ0v) is 14.7. The van der Waals surface area contributed by atoms with Gasteiger partial charge in [0.1, 0.15) is 0 Å². The fourth-order valence-electron chi connectivity index (χ4n) is 2.83. The summed E-state index contributed by atoms with van der Waals surface area (Å²) in [5.74, 6) is 0. The maximum absolute atomic E-state index is 2.30. The minimum atomic E-state index is 0.156. The summed E-state index contributed by atoms with van der Waals surface area (Å²) in [5, 5.41) is 0. The van der Waals surface area contributed by atoms with Gasteiger partial charge >= 0.3 is 0 Å². The summed E-state index contributed by atoms with van der Waals surface area (Å²) < 4.78 is 0. The highest BCUT2D eigenvalue weighted by molar-refractivity contribution is 5.91. The van der Waals surface area contributed by atoms with E-state index in [1.807, 2.05) is 0 Å². The van der Waals surface area contributed by atoms with Gasteiger partial charge in [0.15, 0.2) is 0 Å². The van der Waals surface area contributed by atoms with Gasteiger partial charge in [-0.2, -0.15) is 0 Å². The van der Waals surface area contributed by atoms with Gasteiger partial charge < -0.3 is 0 Å². The molecule has 0 saturated heterocycles. The fourth-order valence-corrected chi connectivity index (χ4v) is 2.83. The van der Waals surface area contributed by atoms with Crippen molar-refractivity contribution in [2.24, 2.45) is 0 Å². The Morgan fingerprint density at radius 1 is 0.667 bits per heavy atom.